The SMILES string of the molecule is CC(/C=C/[C@@H]1C[C@]1(C)c1cc(C(C)(C)C)c2c(c1)C(C)(C)CO2)=C\C(=O)O. The van der Waals surface area contributed by atoms with Crippen molar-refractivity contribution >= 4 is 5.97 Å². The van der Waals surface area contributed by atoms with Crippen LogP contribution in [0.5, 0.6) is 5.75 Å². The van der Waals surface area contributed by atoms with Crippen LogP contribution in [0.25, 0.3) is 0 Å². The van der Waals surface area contributed by atoms with Gasteiger partial charge in [0.15, 0.2) is 0 Å². The highest BCUT2D eigenvalue weighted by Gasteiger charge is 2.51. The summed E-state index contributed by atoms with van der Waals surface area (Å²) in [5.74, 6) is 0.616. The maximum atomic E-state index is 10.8. The number of rotatable bonds is 4. The number of hydrogen-bond acceptors (Lipinski definition) is 2. The summed E-state index contributed by atoms with van der Waals surface area (Å²) in [7, 11) is 0. The van der Waals surface area contributed by atoms with E-state index in [9.17, 15) is 4.79 Å². The third kappa shape index (κ3) is 3.69. The topological polar surface area (TPSA) is 46.5 Å². The Morgan fingerprint density at radius 2 is 1.93 bits per heavy atom. The molecule has 27 heavy (non-hydrogen) atoms. The maximum Gasteiger partial charge on any atom is 0.328 e. The van der Waals surface area contributed by atoms with Crippen molar-refractivity contribution in [2.75, 3.05) is 6.61 Å². The molecule has 3 heteroatoms. The number of ether oxygens (including phenoxy) is 1. The van der Waals surface area contributed by atoms with Crippen LogP contribution in [0.2, 0.25) is 0 Å². The van der Waals surface area contributed by atoms with Gasteiger partial charge in [0.25, 0.3) is 0 Å². The first kappa shape index (κ1) is 19.7. The molecule has 2 atom stereocenters. The second-order valence-electron chi connectivity index (χ2n) is 10.1. The van der Waals surface area contributed by atoms with Gasteiger partial charge >= 0.3 is 5.97 Å². The minimum atomic E-state index is -0.897. The zero-order valence-corrected chi connectivity index (χ0v) is 17.6. The molecule has 0 saturated heterocycles. The zero-order chi connectivity index (χ0) is 20.2. The molecule has 1 aliphatic carbocycles. The summed E-state index contributed by atoms with van der Waals surface area (Å²) in [6, 6.07) is 4.69. The molecule has 0 spiro atoms. The first-order valence-corrected chi connectivity index (χ1v) is 9.76. The molecule has 1 aliphatic heterocycles. The molecule has 0 unspecified atom stereocenters. The van der Waals surface area contributed by atoms with Crippen molar-refractivity contribution in [2.45, 2.75) is 71.1 Å². The predicted molar refractivity (Wildman–Crippen MR) is 110 cm³/mol. The second-order valence-corrected chi connectivity index (χ2v) is 10.1. The largest absolute Gasteiger partial charge is 0.492 e. The minimum Gasteiger partial charge on any atom is -0.492 e. The molecule has 1 N–H and O–H groups in total. The Balaban J connectivity index is 1.97. The molecule has 0 amide bonds. The van der Waals surface area contributed by atoms with Crippen LogP contribution in [-0.2, 0) is 21.0 Å². The third-order valence-corrected chi connectivity index (χ3v) is 6.11. The van der Waals surface area contributed by atoms with Crippen molar-refractivity contribution < 1.29 is 14.6 Å². The number of carbonyl (C=O) groups is 1. The van der Waals surface area contributed by atoms with Crippen LogP contribution in [0.3, 0.4) is 0 Å². The Hall–Kier alpha value is -2.03. The van der Waals surface area contributed by atoms with E-state index >= 15 is 0 Å². The van der Waals surface area contributed by atoms with E-state index in [0.717, 1.165) is 24.4 Å². The van der Waals surface area contributed by atoms with Gasteiger partial charge in [-0.2, -0.15) is 0 Å². The molecule has 0 radical (unpaired) electrons. The molecule has 1 heterocycles. The maximum absolute atomic E-state index is 10.8. The lowest BCUT2D eigenvalue weighted by molar-refractivity contribution is -0.131. The van der Waals surface area contributed by atoms with Gasteiger partial charge in [-0.1, -0.05) is 65.8 Å². The highest BCUT2D eigenvalue weighted by molar-refractivity contribution is 5.81. The van der Waals surface area contributed by atoms with Crippen molar-refractivity contribution in [1.82, 2.24) is 0 Å². The second kappa shape index (κ2) is 6.25. The van der Waals surface area contributed by atoms with Crippen molar-refractivity contribution in [1.29, 1.82) is 0 Å². The molecular weight excluding hydrogens is 336 g/mol. The van der Waals surface area contributed by atoms with Gasteiger partial charge in [0, 0.05) is 22.6 Å². The average molecular weight is 369 g/mol. The summed E-state index contributed by atoms with van der Waals surface area (Å²) < 4.78 is 6.13. The van der Waals surface area contributed by atoms with Gasteiger partial charge in [0.2, 0.25) is 0 Å². The summed E-state index contributed by atoms with van der Waals surface area (Å²) in [5, 5.41) is 8.87. The summed E-state index contributed by atoms with van der Waals surface area (Å²) in [6.45, 7) is 16.1. The van der Waals surface area contributed by atoms with E-state index in [1.165, 1.54) is 22.8 Å². The lowest BCUT2D eigenvalue weighted by Crippen LogP contribution is -2.19. The molecule has 146 valence electrons. The fourth-order valence-electron chi connectivity index (χ4n) is 4.03. The minimum absolute atomic E-state index is 0.0257. The number of hydrogen-bond donors (Lipinski definition) is 1. The number of aliphatic carboxylic acids is 1. The van der Waals surface area contributed by atoms with Gasteiger partial charge in [0.1, 0.15) is 5.75 Å². The fraction of sp³-hybridized carbons (Fsp3) is 0.542. The van der Waals surface area contributed by atoms with Crippen LogP contribution < -0.4 is 4.74 Å². The molecule has 2 aliphatic rings. The highest BCUT2D eigenvalue weighted by Crippen LogP contribution is 2.57. The summed E-state index contributed by atoms with van der Waals surface area (Å²) in [5.41, 5.74) is 4.92. The first-order valence-electron chi connectivity index (χ1n) is 9.76. The van der Waals surface area contributed by atoms with E-state index in [4.69, 9.17) is 9.84 Å². The van der Waals surface area contributed by atoms with Crippen LogP contribution in [0.4, 0.5) is 0 Å². The molecule has 1 saturated carbocycles. The van der Waals surface area contributed by atoms with Crippen LogP contribution >= 0.6 is 0 Å². The van der Waals surface area contributed by atoms with Gasteiger partial charge < -0.3 is 9.84 Å². The van der Waals surface area contributed by atoms with Crippen molar-refractivity contribution in [3.63, 3.8) is 0 Å². The number of allylic oxidation sites excluding steroid dienone is 3. The number of carboxylic acids is 1. The lowest BCUT2D eigenvalue weighted by Gasteiger charge is -2.26. The molecule has 0 bridgehead atoms. The Kier molecular flexibility index (Phi) is 4.57. The average Bonchev–Trinajstić information content (AvgIpc) is 3.10. The van der Waals surface area contributed by atoms with Crippen molar-refractivity contribution in [3.8, 4) is 5.75 Å². The summed E-state index contributed by atoms with van der Waals surface area (Å²) in [6.07, 6.45) is 6.45. The van der Waals surface area contributed by atoms with Gasteiger partial charge in [-0.3, -0.25) is 0 Å². The van der Waals surface area contributed by atoms with E-state index < -0.39 is 5.97 Å². The number of benzene rings is 1. The Morgan fingerprint density at radius 3 is 2.52 bits per heavy atom. The molecule has 1 fully saturated rings. The van der Waals surface area contributed by atoms with Crippen LogP contribution in [-0.4, -0.2) is 17.7 Å². The Bertz CT molecular complexity index is 836. The van der Waals surface area contributed by atoms with Gasteiger partial charge in [0.05, 0.1) is 6.61 Å². The highest BCUT2D eigenvalue weighted by atomic mass is 16.5. The van der Waals surface area contributed by atoms with Crippen LogP contribution in [0.15, 0.2) is 35.9 Å². The van der Waals surface area contributed by atoms with Crippen LogP contribution in [0, 0.1) is 5.92 Å². The number of fused-ring (bicyclic) bond motifs is 1. The molecule has 3 rings (SSSR count). The molecule has 1 aromatic carbocycles. The van der Waals surface area contributed by atoms with Crippen molar-refractivity contribution in [2.24, 2.45) is 5.92 Å². The first-order chi connectivity index (χ1) is 12.3. The number of carboxylic acid groups (broad SMARTS) is 1. The smallest absolute Gasteiger partial charge is 0.328 e. The normalized spacial score (nSPS) is 26.8. The molecule has 1 aromatic rings. The molecular formula is C24H32O3. The standard InChI is InChI=1S/C24H32O3/c1-15(10-20(25)26)8-9-16-13-24(16,7)17-11-18(22(2,3)4)21-19(12-17)23(5,6)14-27-21/h8-12,16H,13-14H2,1-7H3,(H,25,26)/b9-8+,15-10+/t16-,24+/m1/s1. The van der Waals surface area contributed by atoms with Gasteiger partial charge in [-0.05, 0) is 41.2 Å². The lowest BCUT2D eigenvalue weighted by atomic mass is 9.77. The third-order valence-electron chi connectivity index (χ3n) is 6.11. The molecule has 0 aromatic heterocycles. The van der Waals surface area contributed by atoms with Gasteiger partial charge in [-0.25, -0.2) is 4.79 Å². The van der Waals surface area contributed by atoms with E-state index in [0.29, 0.717) is 5.92 Å². The zero-order valence-electron chi connectivity index (χ0n) is 17.6. The Morgan fingerprint density at radius 1 is 1.26 bits per heavy atom. The fourth-order valence-corrected chi connectivity index (χ4v) is 4.03. The predicted octanol–water partition coefficient (Wildman–Crippen LogP) is 5.52. The quantitative estimate of drug-likeness (QED) is 0.562. The van der Waals surface area contributed by atoms with Gasteiger partial charge in [-0.15, -0.1) is 0 Å². The van der Waals surface area contributed by atoms with E-state index in [1.54, 1.807) is 0 Å². The van der Waals surface area contributed by atoms with E-state index in [-0.39, 0.29) is 16.2 Å². The van der Waals surface area contributed by atoms with E-state index in [1.807, 2.05) is 13.0 Å². The van der Waals surface area contributed by atoms with Crippen molar-refractivity contribution in [3.05, 3.63) is 52.6 Å². The summed E-state index contributed by atoms with van der Waals surface area (Å²) in [4.78, 5) is 10.8. The monoisotopic (exact) mass is 368 g/mol. The Labute approximate surface area is 163 Å². The summed E-state index contributed by atoms with van der Waals surface area (Å²) >= 11 is 0. The van der Waals surface area contributed by atoms with E-state index in [2.05, 4.69) is 59.8 Å². The van der Waals surface area contributed by atoms with Crippen LogP contribution in [0.1, 0.15) is 71.6 Å². The molecule has 3 nitrogen and oxygen atoms in total.